The van der Waals surface area contributed by atoms with Gasteiger partial charge in [0.15, 0.2) is 0 Å². The molecule has 0 bridgehead atoms. The van der Waals surface area contributed by atoms with Crippen LogP contribution in [0.5, 0.6) is 0 Å². The SMILES string of the molecule is CO[C@H]1CC[C@H]1N.Cl. The van der Waals surface area contributed by atoms with E-state index in [4.69, 9.17) is 10.5 Å². The van der Waals surface area contributed by atoms with Crippen LogP contribution in [-0.4, -0.2) is 19.3 Å². The second-order valence-corrected chi connectivity index (χ2v) is 2.02. The van der Waals surface area contributed by atoms with Crippen LogP contribution in [0, 0.1) is 0 Å². The van der Waals surface area contributed by atoms with Gasteiger partial charge in [0.1, 0.15) is 0 Å². The first-order valence-corrected chi connectivity index (χ1v) is 2.63. The van der Waals surface area contributed by atoms with Gasteiger partial charge in [-0.3, -0.25) is 0 Å². The molecule has 1 fully saturated rings. The Bertz CT molecular complexity index is 67.4. The first-order chi connectivity index (χ1) is 3.34. The largest absolute Gasteiger partial charge is 0.380 e. The minimum atomic E-state index is 0. The molecule has 1 saturated carbocycles. The van der Waals surface area contributed by atoms with Crippen molar-refractivity contribution in [1.82, 2.24) is 0 Å². The first kappa shape index (κ1) is 8.21. The maximum Gasteiger partial charge on any atom is 0.0722 e. The number of ether oxygens (including phenoxy) is 1. The van der Waals surface area contributed by atoms with Gasteiger partial charge in [0.2, 0.25) is 0 Å². The first-order valence-electron chi connectivity index (χ1n) is 2.63. The molecule has 0 aromatic carbocycles. The van der Waals surface area contributed by atoms with Crippen LogP contribution >= 0.6 is 12.4 Å². The molecule has 0 radical (unpaired) electrons. The third kappa shape index (κ3) is 1.34. The molecule has 0 aliphatic heterocycles. The van der Waals surface area contributed by atoms with Crippen LogP contribution in [0.1, 0.15) is 12.8 Å². The van der Waals surface area contributed by atoms with E-state index >= 15 is 0 Å². The third-order valence-corrected chi connectivity index (χ3v) is 1.56. The lowest BCUT2D eigenvalue weighted by atomic mass is 9.90. The van der Waals surface area contributed by atoms with E-state index in [1.165, 1.54) is 0 Å². The second-order valence-electron chi connectivity index (χ2n) is 2.02. The fourth-order valence-electron chi connectivity index (χ4n) is 0.788. The summed E-state index contributed by atoms with van der Waals surface area (Å²) in [6, 6.07) is 0.324. The predicted octanol–water partition coefficient (Wildman–Crippen LogP) is 0.544. The number of hydrogen-bond donors (Lipinski definition) is 1. The maximum atomic E-state index is 5.51. The van der Waals surface area contributed by atoms with Crippen molar-refractivity contribution in [1.29, 1.82) is 0 Å². The molecule has 50 valence electrons. The Labute approximate surface area is 55.8 Å². The molecular weight excluding hydrogens is 126 g/mol. The summed E-state index contributed by atoms with van der Waals surface area (Å²) < 4.78 is 4.97. The van der Waals surface area contributed by atoms with Crippen molar-refractivity contribution in [3.05, 3.63) is 0 Å². The molecule has 0 heterocycles. The summed E-state index contributed by atoms with van der Waals surface area (Å²) in [6.07, 6.45) is 2.65. The molecule has 0 spiro atoms. The lowest BCUT2D eigenvalue weighted by Gasteiger charge is -2.31. The highest BCUT2D eigenvalue weighted by Crippen LogP contribution is 2.19. The van der Waals surface area contributed by atoms with Crippen molar-refractivity contribution >= 4 is 12.4 Å². The normalized spacial score (nSPS) is 35.2. The number of hydrogen-bond acceptors (Lipinski definition) is 2. The van der Waals surface area contributed by atoms with Crippen molar-refractivity contribution < 1.29 is 4.74 Å². The summed E-state index contributed by atoms with van der Waals surface area (Å²) in [4.78, 5) is 0. The number of methoxy groups -OCH3 is 1. The van der Waals surface area contributed by atoms with Crippen LogP contribution in [0.15, 0.2) is 0 Å². The van der Waals surface area contributed by atoms with Gasteiger partial charge in [-0.25, -0.2) is 0 Å². The van der Waals surface area contributed by atoms with Gasteiger partial charge in [-0.15, -0.1) is 12.4 Å². The smallest absolute Gasteiger partial charge is 0.0722 e. The van der Waals surface area contributed by atoms with Crippen molar-refractivity contribution in [3.63, 3.8) is 0 Å². The molecule has 0 aromatic heterocycles. The van der Waals surface area contributed by atoms with E-state index in [-0.39, 0.29) is 12.4 Å². The van der Waals surface area contributed by atoms with Gasteiger partial charge in [-0.2, -0.15) is 0 Å². The van der Waals surface area contributed by atoms with Gasteiger partial charge >= 0.3 is 0 Å². The molecule has 0 unspecified atom stereocenters. The minimum Gasteiger partial charge on any atom is -0.380 e. The summed E-state index contributed by atoms with van der Waals surface area (Å²) in [5, 5.41) is 0. The van der Waals surface area contributed by atoms with Gasteiger partial charge in [-0.05, 0) is 12.8 Å². The zero-order valence-corrected chi connectivity index (χ0v) is 5.78. The topological polar surface area (TPSA) is 35.2 Å². The van der Waals surface area contributed by atoms with Crippen LogP contribution in [0.2, 0.25) is 0 Å². The Morgan fingerprint density at radius 2 is 2.12 bits per heavy atom. The van der Waals surface area contributed by atoms with E-state index in [2.05, 4.69) is 0 Å². The summed E-state index contributed by atoms with van der Waals surface area (Å²) in [5.74, 6) is 0. The van der Waals surface area contributed by atoms with E-state index in [1.54, 1.807) is 7.11 Å². The quantitative estimate of drug-likeness (QED) is 0.573. The van der Waals surface area contributed by atoms with Crippen LogP contribution in [0.4, 0.5) is 0 Å². The van der Waals surface area contributed by atoms with Crippen molar-refractivity contribution in [2.24, 2.45) is 5.73 Å². The predicted molar refractivity (Wildman–Crippen MR) is 35.3 cm³/mol. The van der Waals surface area contributed by atoms with Gasteiger partial charge in [0, 0.05) is 13.2 Å². The number of rotatable bonds is 1. The molecule has 0 amide bonds. The lowest BCUT2D eigenvalue weighted by Crippen LogP contribution is -2.45. The van der Waals surface area contributed by atoms with Crippen LogP contribution < -0.4 is 5.73 Å². The fourth-order valence-corrected chi connectivity index (χ4v) is 0.788. The standard InChI is InChI=1S/C5H11NO.ClH/c1-7-5-3-2-4(5)6;/h4-5H,2-3,6H2,1H3;1H/t4-,5+;/m1./s1. The highest BCUT2D eigenvalue weighted by molar-refractivity contribution is 5.85. The molecule has 8 heavy (non-hydrogen) atoms. The summed E-state index contributed by atoms with van der Waals surface area (Å²) in [5.41, 5.74) is 5.51. The summed E-state index contributed by atoms with van der Waals surface area (Å²) in [6.45, 7) is 0. The Hall–Kier alpha value is 0.210. The van der Waals surface area contributed by atoms with Gasteiger partial charge in [0.05, 0.1) is 6.10 Å². The average molecular weight is 138 g/mol. The summed E-state index contributed by atoms with van der Waals surface area (Å²) in [7, 11) is 1.71. The zero-order valence-electron chi connectivity index (χ0n) is 4.96. The van der Waals surface area contributed by atoms with Crippen molar-refractivity contribution in [2.45, 2.75) is 25.0 Å². The van der Waals surface area contributed by atoms with Crippen molar-refractivity contribution in [2.75, 3.05) is 7.11 Å². The van der Waals surface area contributed by atoms with Gasteiger partial charge < -0.3 is 10.5 Å². The highest BCUT2D eigenvalue weighted by atomic mass is 35.5. The molecule has 3 heteroatoms. The van der Waals surface area contributed by atoms with Crippen molar-refractivity contribution in [3.8, 4) is 0 Å². The Morgan fingerprint density at radius 1 is 1.50 bits per heavy atom. The Morgan fingerprint density at radius 3 is 2.12 bits per heavy atom. The van der Waals surface area contributed by atoms with Gasteiger partial charge in [0.25, 0.3) is 0 Å². The fraction of sp³-hybridized carbons (Fsp3) is 1.00. The molecule has 0 saturated heterocycles. The molecule has 0 aromatic rings. The Kier molecular flexibility index (Phi) is 3.36. The minimum absolute atomic E-state index is 0. The molecule has 1 aliphatic carbocycles. The van der Waals surface area contributed by atoms with Crippen LogP contribution in [0.3, 0.4) is 0 Å². The molecule has 2 atom stereocenters. The number of halogens is 1. The van der Waals surface area contributed by atoms with Gasteiger partial charge in [-0.1, -0.05) is 0 Å². The van der Waals surface area contributed by atoms with E-state index in [0.29, 0.717) is 12.1 Å². The van der Waals surface area contributed by atoms with E-state index in [1.807, 2.05) is 0 Å². The molecule has 2 nitrogen and oxygen atoms in total. The molecule has 1 rings (SSSR count). The third-order valence-electron chi connectivity index (χ3n) is 1.56. The average Bonchev–Trinajstić information content (AvgIpc) is 1.65. The molecule has 2 N–H and O–H groups in total. The van der Waals surface area contributed by atoms with Crippen LogP contribution in [-0.2, 0) is 4.74 Å². The molecule has 1 aliphatic rings. The molecular formula is C5H12ClNO. The maximum absolute atomic E-state index is 5.51. The lowest BCUT2D eigenvalue weighted by molar-refractivity contribution is 0.0213. The monoisotopic (exact) mass is 137 g/mol. The number of nitrogens with two attached hydrogens (primary N) is 1. The van der Waals surface area contributed by atoms with E-state index < -0.39 is 0 Å². The highest BCUT2D eigenvalue weighted by Gasteiger charge is 2.26. The zero-order chi connectivity index (χ0) is 5.28. The summed E-state index contributed by atoms with van der Waals surface area (Å²) >= 11 is 0. The van der Waals surface area contributed by atoms with E-state index in [9.17, 15) is 0 Å². The Balaban J connectivity index is 0.000000490. The van der Waals surface area contributed by atoms with Crippen LogP contribution in [0.25, 0.3) is 0 Å². The van der Waals surface area contributed by atoms with E-state index in [0.717, 1.165) is 12.8 Å². The second kappa shape index (κ2) is 3.28.